The monoisotopic (exact) mass is 424 g/mol. The Kier molecular flexibility index (Phi) is 9.42. The highest BCUT2D eigenvalue weighted by atomic mass is 16.4. The number of rotatable bonds is 13. The van der Waals surface area contributed by atoms with Crippen molar-refractivity contribution >= 4 is 17.3 Å². The van der Waals surface area contributed by atoms with Crippen molar-refractivity contribution in [3.05, 3.63) is 59.7 Å². The smallest absolute Gasteiger partial charge is 0.318 e. The van der Waals surface area contributed by atoms with Crippen molar-refractivity contribution in [3.8, 4) is 0 Å². The molecule has 0 atom stereocenters. The summed E-state index contributed by atoms with van der Waals surface area (Å²) in [6, 6.07) is 16.2. The predicted molar refractivity (Wildman–Crippen MR) is 133 cm³/mol. The summed E-state index contributed by atoms with van der Waals surface area (Å²) in [7, 11) is 0. The molecule has 0 amide bonds. The van der Waals surface area contributed by atoms with E-state index in [0.717, 1.165) is 74.4 Å². The molecule has 0 spiro atoms. The maximum absolute atomic E-state index is 12.4. The molecule has 170 valence electrons. The zero-order valence-corrected chi connectivity index (χ0v) is 20.0. The number of anilines is 2. The summed E-state index contributed by atoms with van der Waals surface area (Å²) in [5, 5.41) is 10.2. The molecule has 0 aromatic heterocycles. The van der Waals surface area contributed by atoms with Crippen LogP contribution >= 0.6 is 0 Å². The minimum atomic E-state index is -1.09. The molecule has 0 saturated carbocycles. The quantitative estimate of drug-likeness (QED) is 0.408. The molecule has 0 radical (unpaired) electrons. The van der Waals surface area contributed by atoms with Gasteiger partial charge in [-0.05, 0) is 69.0 Å². The van der Waals surface area contributed by atoms with E-state index in [1.165, 1.54) is 0 Å². The first-order valence-corrected chi connectivity index (χ1v) is 11.9. The van der Waals surface area contributed by atoms with Crippen LogP contribution in [0.1, 0.15) is 71.4 Å². The van der Waals surface area contributed by atoms with Gasteiger partial charge in [0.15, 0.2) is 0 Å². The number of benzene rings is 2. The number of hydrogen-bond donors (Lipinski definition) is 1. The van der Waals surface area contributed by atoms with Crippen molar-refractivity contribution in [2.45, 2.75) is 65.7 Å². The van der Waals surface area contributed by atoms with E-state index in [-0.39, 0.29) is 0 Å². The van der Waals surface area contributed by atoms with Crippen LogP contribution in [0, 0.1) is 0 Å². The molecule has 0 aliphatic rings. The van der Waals surface area contributed by atoms with Crippen molar-refractivity contribution in [3.63, 3.8) is 0 Å². The largest absolute Gasteiger partial charge is 0.480 e. The van der Waals surface area contributed by atoms with Gasteiger partial charge < -0.3 is 14.9 Å². The maximum atomic E-state index is 12.4. The third-order valence-electron chi connectivity index (χ3n) is 6.37. The maximum Gasteiger partial charge on any atom is 0.318 e. The zero-order valence-electron chi connectivity index (χ0n) is 20.0. The Hall–Kier alpha value is -2.49. The summed E-state index contributed by atoms with van der Waals surface area (Å²) in [5.41, 5.74) is 2.83. The second kappa shape index (κ2) is 11.8. The van der Waals surface area contributed by atoms with Crippen LogP contribution in [-0.4, -0.2) is 37.3 Å². The first-order valence-electron chi connectivity index (χ1n) is 11.9. The molecule has 0 heterocycles. The van der Waals surface area contributed by atoms with Crippen molar-refractivity contribution in [2.24, 2.45) is 0 Å². The molecule has 2 rings (SSSR count). The van der Waals surface area contributed by atoms with Crippen LogP contribution in [0.5, 0.6) is 0 Å². The molecular formula is C27H40N2O2. The fourth-order valence-corrected chi connectivity index (χ4v) is 4.06. The van der Waals surface area contributed by atoms with Gasteiger partial charge in [-0.25, -0.2) is 0 Å². The number of carboxylic acids is 1. The topological polar surface area (TPSA) is 43.8 Å². The van der Waals surface area contributed by atoms with Gasteiger partial charge in [-0.2, -0.15) is 0 Å². The summed E-state index contributed by atoms with van der Waals surface area (Å²) in [6.45, 7) is 14.5. The van der Waals surface area contributed by atoms with Crippen LogP contribution in [0.2, 0.25) is 0 Å². The SMILES string of the molecule is CCCCN(CC)c1ccc(C(C)(C(=O)O)c2ccc(N(CC)CCCC)cc2)cc1. The summed E-state index contributed by atoms with van der Waals surface area (Å²) in [5.74, 6) is -0.829. The first-order chi connectivity index (χ1) is 14.9. The average molecular weight is 425 g/mol. The number of hydrogen-bond acceptors (Lipinski definition) is 3. The van der Waals surface area contributed by atoms with Crippen molar-refractivity contribution in [1.29, 1.82) is 0 Å². The molecule has 31 heavy (non-hydrogen) atoms. The molecule has 1 N–H and O–H groups in total. The molecule has 0 saturated heterocycles. The van der Waals surface area contributed by atoms with Crippen molar-refractivity contribution in [1.82, 2.24) is 0 Å². The van der Waals surface area contributed by atoms with E-state index in [0.29, 0.717) is 0 Å². The summed E-state index contributed by atoms with van der Waals surface area (Å²) in [4.78, 5) is 17.1. The number of unbranched alkanes of at least 4 members (excludes halogenated alkanes) is 2. The van der Waals surface area contributed by atoms with Gasteiger partial charge in [0.2, 0.25) is 0 Å². The lowest BCUT2D eigenvalue weighted by Gasteiger charge is -2.29. The van der Waals surface area contributed by atoms with E-state index in [9.17, 15) is 9.90 Å². The molecular weight excluding hydrogens is 384 g/mol. The Balaban J connectivity index is 2.32. The molecule has 0 aliphatic carbocycles. The van der Waals surface area contributed by atoms with Crippen molar-refractivity contribution < 1.29 is 9.90 Å². The number of carbonyl (C=O) groups is 1. The third kappa shape index (κ3) is 5.81. The van der Waals surface area contributed by atoms with Gasteiger partial charge in [0.05, 0.1) is 0 Å². The molecule has 0 unspecified atom stereocenters. The van der Waals surface area contributed by atoms with Crippen molar-refractivity contribution in [2.75, 3.05) is 36.0 Å². The minimum Gasteiger partial charge on any atom is -0.480 e. The van der Waals surface area contributed by atoms with Gasteiger partial charge in [-0.3, -0.25) is 4.79 Å². The molecule has 2 aromatic carbocycles. The van der Waals surface area contributed by atoms with Gasteiger partial charge in [0.25, 0.3) is 0 Å². The fraction of sp³-hybridized carbons (Fsp3) is 0.519. The Bertz CT molecular complexity index is 739. The van der Waals surface area contributed by atoms with Gasteiger partial charge in [0.1, 0.15) is 5.41 Å². The molecule has 0 aliphatic heterocycles. The fourth-order valence-electron chi connectivity index (χ4n) is 4.06. The standard InChI is InChI=1S/C27H40N2O2/c1-6-10-20-28(8-3)24-16-12-22(13-17-24)27(5,26(30)31)23-14-18-25(19-15-23)29(9-4)21-11-7-2/h12-19H,6-11,20-21H2,1-5H3,(H,30,31). The Labute approximate surface area is 188 Å². The average Bonchev–Trinajstić information content (AvgIpc) is 2.80. The van der Waals surface area contributed by atoms with E-state index >= 15 is 0 Å². The van der Waals surface area contributed by atoms with Crippen LogP contribution < -0.4 is 9.80 Å². The Morgan fingerprint density at radius 2 is 1.10 bits per heavy atom. The first kappa shape index (κ1) is 24.8. The van der Waals surface area contributed by atoms with E-state index in [1.807, 2.05) is 31.2 Å². The van der Waals surface area contributed by atoms with E-state index in [1.54, 1.807) is 0 Å². The van der Waals surface area contributed by atoms with E-state index in [2.05, 4.69) is 61.8 Å². The normalized spacial score (nSPS) is 11.4. The lowest BCUT2D eigenvalue weighted by molar-refractivity contribution is -0.141. The number of carboxylic acid groups (broad SMARTS) is 1. The highest BCUT2D eigenvalue weighted by molar-refractivity contribution is 5.86. The van der Waals surface area contributed by atoms with Gasteiger partial charge in [-0.15, -0.1) is 0 Å². The molecule has 4 nitrogen and oxygen atoms in total. The number of aliphatic carboxylic acids is 1. The van der Waals surface area contributed by atoms with Crippen LogP contribution in [0.15, 0.2) is 48.5 Å². The van der Waals surface area contributed by atoms with E-state index in [4.69, 9.17) is 0 Å². The Morgan fingerprint density at radius 3 is 1.35 bits per heavy atom. The van der Waals surface area contributed by atoms with Crippen LogP contribution in [0.4, 0.5) is 11.4 Å². The zero-order chi connectivity index (χ0) is 22.9. The van der Waals surface area contributed by atoms with Crippen LogP contribution in [0.3, 0.4) is 0 Å². The highest BCUT2D eigenvalue weighted by Crippen LogP contribution is 2.34. The van der Waals surface area contributed by atoms with Gasteiger partial charge in [0, 0.05) is 37.6 Å². The molecule has 2 aromatic rings. The summed E-state index contributed by atoms with van der Waals surface area (Å²) < 4.78 is 0. The van der Waals surface area contributed by atoms with Crippen LogP contribution in [0.25, 0.3) is 0 Å². The summed E-state index contributed by atoms with van der Waals surface area (Å²) in [6.07, 6.45) is 4.63. The second-order valence-corrected chi connectivity index (χ2v) is 8.39. The highest BCUT2D eigenvalue weighted by Gasteiger charge is 2.37. The molecule has 0 bridgehead atoms. The van der Waals surface area contributed by atoms with Crippen LogP contribution in [-0.2, 0) is 10.2 Å². The lowest BCUT2D eigenvalue weighted by atomic mass is 9.76. The molecule has 4 heteroatoms. The third-order valence-corrected chi connectivity index (χ3v) is 6.37. The van der Waals surface area contributed by atoms with Gasteiger partial charge in [-0.1, -0.05) is 51.0 Å². The molecule has 0 fully saturated rings. The Morgan fingerprint density at radius 1 is 0.742 bits per heavy atom. The summed E-state index contributed by atoms with van der Waals surface area (Å²) >= 11 is 0. The number of nitrogens with zero attached hydrogens (tertiary/aromatic N) is 2. The second-order valence-electron chi connectivity index (χ2n) is 8.39. The predicted octanol–water partition coefficient (Wildman–Crippen LogP) is 6.33. The van der Waals surface area contributed by atoms with Gasteiger partial charge >= 0.3 is 5.97 Å². The van der Waals surface area contributed by atoms with E-state index < -0.39 is 11.4 Å². The lowest BCUT2D eigenvalue weighted by Crippen LogP contribution is -2.34. The minimum absolute atomic E-state index is 0.807.